The van der Waals surface area contributed by atoms with Crippen molar-refractivity contribution in [2.45, 2.75) is 109 Å². The number of quaternary nitrogens is 1. The van der Waals surface area contributed by atoms with Gasteiger partial charge in [-0.2, -0.15) is 0 Å². The molecule has 2 N–H and O–H groups in total. The highest BCUT2D eigenvalue weighted by Crippen LogP contribution is 2.38. The maximum atomic E-state index is 12.7. The third-order valence-electron chi connectivity index (χ3n) is 7.22. The zero-order valence-corrected chi connectivity index (χ0v) is 33.1. The van der Waals surface area contributed by atoms with Crippen LogP contribution >= 0.6 is 7.82 Å². The van der Waals surface area contributed by atoms with Gasteiger partial charge in [0.2, 0.25) is 5.91 Å². The summed E-state index contributed by atoms with van der Waals surface area (Å²) in [4.78, 5) is 25.1. The molecule has 0 saturated heterocycles. The molecule has 51 heavy (non-hydrogen) atoms. The molecule has 8 nitrogen and oxygen atoms in total. The van der Waals surface area contributed by atoms with Gasteiger partial charge in [0.25, 0.3) is 7.82 Å². The van der Waals surface area contributed by atoms with E-state index < -0.39 is 26.6 Å². The average molecular weight is 729 g/mol. The second-order valence-corrected chi connectivity index (χ2v) is 14.6. The third-order valence-corrected chi connectivity index (χ3v) is 8.18. The Morgan fingerprint density at radius 3 is 1.57 bits per heavy atom. The Balaban J connectivity index is 4.70. The molecule has 1 amide bonds. The van der Waals surface area contributed by atoms with Crippen LogP contribution in [0.25, 0.3) is 0 Å². The molecule has 9 heteroatoms. The van der Waals surface area contributed by atoms with Gasteiger partial charge in [-0.05, 0) is 77.0 Å². The van der Waals surface area contributed by atoms with E-state index in [1.807, 2.05) is 39.4 Å². The summed E-state index contributed by atoms with van der Waals surface area (Å²) < 4.78 is 23.0. The summed E-state index contributed by atoms with van der Waals surface area (Å²) >= 11 is 0. The van der Waals surface area contributed by atoms with E-state index in [9.17, 15) is 19.4 Å². The molecule has 3 unspecified atom stereocenters. The Morgan fingerprint density at radius 2 is 1.08 bits per heavy atom. The molecular weight excluding hydrogens is 659 g/mol. The quantitative estimate of drug-likeness (QED) is 0.0319. The molecule has 0 aromatic rings. The van der Waals surface area contributed by atoms with E-state index in [1.165, 1.54) is 0 Å². The molecule has 3 atom stereocenters. The Labute approximate surface area is 311 Å². The van der Waals surface area contributed by atoms with Crippen LogP contribution in [0.15, 0.2) is 109 Å². The molecule has 0 aliphatic carbocycles. The van der Waals surface area contributed by atoms with Gasteiger partial charge in [-0.25, -0.2) is 0 Å². The summed E-state index contributed by atoms with van der Waals surface area (Å²) in [7, 11) is 1.16. The predicted octanol–water partition coefficient (Wildman–Crippen LogP) is 9.16. The highest BCUT2D eigenvalue weighted by molar-refractivity contribution is 7.45. The Kier molecular flexibility index (Phi) is 31.2. The molecule has 0 heterocycles. The number of carbonyl (C=O) groups excluding carboxylic acids is 1. The maximum absolute atomic E-state index is 12.7. The summed E-state index contributed by atoms with van der Waals surface area (Å²) in [6.45, 7) is 4.26. The Hall–Kier alpha value is -2.84. The standard InChI is InChI=1S/C42H69N2O6P/c1-6-8-10-12-14-16-18-19-20-21-22-23-24-25-26-28-30-32-34-36-42(46)43-40(39-50-51(47,48)49-38-37-44(3,4)5)41(45)35-33-31-29-27-17-15-13-11-9-7-2/h8-11,14,16-17,19-20,22-23,25-27,30,32-33,35,40-41,45H,6-7,12-13,15,18,21,24,28-29,31,34,36-39H2,1-5H3,(H-,43,46,47,48)/b10-8-,11-9+,16-14-,20-19-,23-22-,26-25-,27-17+,32-30-,35-33+. The van der Waals surface area contributed by atoms with Crippen molar-refractivity contribution in [1.29, 1.82) is 0 Å². The SMILES string of the molecule is CC/C=C\C/C=C\C/C=C\C/C=C\C/C=C\C/C=C\CCC(=O)NC(COP(=O)([O-])OCC[N+](C)(C)C)C(O)/C=C/CC/C=C/CC/C=C/CC. The largest absolute Gasteiger partial charge is 0.756 e. The van der Waals surface area contributed by atoms with Gasteiger partial charge in [-0.1, -0.05) is 123 Å². The highest BCUT2D eigenvalue weighted by atomic mass is 31.2. The number of phosphoric acid groups is 1. The van der Waals surface area contributed by atoms with Gasteiger partial charge in [0.05, 0.1) is 39.9 Å². The van der Waals surface area contributed by atoms with Crippen molar-refractivity contribution in [3.05, 3.63) is 109 Å². The van der Waals surface area contributed by atoms with Gasteiger partial charge in [0.1, 0.15) is 13.2 Å². The van der Waals surface area contributed by atoms with Crippen molar-refractivity contribution < 1.29 is 32.9 Å². The number of amides is 1. The maximum Gasteiger partial charge on any atom is 0.268 e. The highest BCUT2D eigenvalue weighted by Gasteiger charge is 2.23. The lowest BCUT2D eigenvalue weighted by Gasteiger charge is -2.29. The molecule has 0 radical (unpaired) electrons. The first-order valence-electron chi connectivity index (χ1n) is 18.7. The number of aliphatic hydroxyl groups excluding tert-OH is 1. The first kappa shape index (κ1) is 48.2. The topological polar surface area (TPSA) is 108 Å². The number of likely N-dealkylation sites (N-methyl/N-ethyl adjacent to an activating group) is 1. The second kappa shape index (κ2) is 33.0. The molecule has 0 aromatic heterocycles. The monoisotopic (exact) mass is 728 g/mol. The molecule has 0 aliphatic heterocycles. The molecule has 0 rings (SSSR count). The smallest absolute Gasteiger partial charge is 0.268 e. The van der Waals surface area contributed by atoms with E-state index >= 15 is 0 Å². The molecule has 0 bridgehead atoms. The van der Waals surface area contributed by atoms with Crippen molar-refractivity contribution in [2.75, 3.05) is 40.9 Å². The Morgan fingerprint density at radius 1 is 0.667 bits per heavy atom. The van der Waals surface area contributed by atoms with Gasteiger partial charge in [-0.3, -0.25) is 9.36 Å². The van der Waals surface area contributed by atoms with Crippen LogP contribution in [0, 0.1) is 0 Å². The molecule has 0 spiro atoms. The number of unbranched alkanes of at least 4 members (excludes halogenated alkanes) is 2. The van der Waals surface area contributed by atoms with Crippen LogP contribution in [0.2, 0.25) is 0 Å². The zero-order valence-electron chi connectivity index (χ0n) is 32.2. The van der Waals surface area contributed by atoms with E-state index in [4.69, 9.17) is 9.05 Å². The van der Waals surface area contributed by atoms with Crippen LogP contribution in [0.4, 0.5) is 0 Å². The number of aliphatic hydroxyl groups is 1. The minimum Gasteiger partial charge on any atom is -0.756 e. The molecular formula is C42H69N2O6P. The molecule has 0 saturated carbocycles. The summed E-state index contributed by atoms with van der Waals surface area (Å²) in [6, 6.07) is -0.954. The van der Waals surface area contributed by atoms with Crippen LogP contribution in [0.1, 0.15) is 97.3 Å². The number of allylic oxidation sites excluding steroid dienone is 17. The molecule has 288 valence electrons. The second-order valence-electron chi connectivity index (χ2n) is 13.1. The number of carbonyl (C=O) groups is 1. The minimum absolute atomic E-state index is 0.0296. The van der Waals surface area contributed by atoms with Crippen molar-refractivity contribution in [3.63, 3.8) is 0 Å². The molecule has 0 aliphatic rings. The number of nitrogens with zero attached hydrogens (tertiary/aromatic N) is 1. The third kappa shape index (κ3) is 35.4. The van der Waals surface area contributed by atoms with E-state index in [1.54, 1.807) is 6.08 Å². The molecule has 0 fully saturated rings. The number of hydrogen-bond donors (Lipinski definition) is 2. The van der Waals surface area contributed by atoms with Crippen LogP contribution in [0.5, 0.6) is 0 Å². The fraction of sp³-hybridized carbons (Fsp3) is 0.548. The predicted molar refractivity (Wildman–Crippen MR) is 214 cm³/mol. The van der Waals surface area contributed by atoms with Gasteiger partial charge < -0.3 is 28.8 Å². The lowest BCUT2D eigenvalue weighted by Crippen LogP contribution is -2.45. The fourth-order valence-electron chi connectivity index (χ4n) is 4.27. The lowest BCUT2D eigenvalue weighted by molar-refractivity contribution is -0.870. The van der Waals surface area contributed by atoms with E-state index in [2.05, 4.69) is 104 Å². The van der Waals surface area contributed by atoms with Gasteiger partial charge in [0.15, 0.2) is 0 Å². The van der Waals surface area contributed by atoms with E-state index in [0.29, 0.717) is 23.9 Å². The van der Waals surface area contributed by atoms with Gasteiger partial charge in [0, 0.05) is 6.42 Å². The van der Waals surface area contributed by atoms with Gasteiger partial charge >= 0.3 is 0 Å². The first-order valence-corrected chi connectivity index (χ1v) is 20.2. The summed E-state index contributed by atoms with van der Waals surface area (Å²) in [6.07, 6.45) is 47.4. The van der Waals surface area contributed by atoms with Crippen molar-refractivity contribution >= 4 is 13.7 Å². The number of nitrogens with one attached hydrogen (secondary N) is 1. The number of hydrogen-bond acceptors (Lipinski definition) is 6. The van der Waals surface area contributed by atoms with Crippen molar-refractivity contribution in [1.82, 2.24) is 5.32 Å². The van der Waals surface area contributed by atoms with Crippen LogP contribution in [-0.4, -0.2) is 68.5 Å². The fourth-order valence-corrected chi connectivity index (χ4v) is 4.99. The van der Waals surface area contributed by atoms with Crippen LogP contribution in [-0.2, 0) is 18.4 Å². The van der Waals surface area contributed by atoms with Crippen LogP contribution in [0.3, 0.4) is 0 Å². The average Bonchev–Trinajstić information content (AvgIpc) is 3.07. The summed E-state index contributed by atoms with van der Waals surface area (Å²) in [5, 5.41) is 13.6. The van der Waals surface area contributed by atoms with E-state index in [0.717, 1.165) is 64.2 Å². The van der Waals surface area contributed by atoms with Crippen molar-refractivity contribution in [3.8, 4) is 0 Å². The lowest BCUT2D eigenvalue weighted by atomic mass is 10.1. The van der Waals surface area contributed by atoms with Crippen LogP contribution < -0.4 is 10.2 Å². The van der Waals surface area contributed by atoms with E-state index in [-0.39, 0.29) is 18.9 Å². The summed E-state index contributed by atoms with van der Waals surface area (Å²) in [5.41, 5.74) is 0. The Bertz CT molecular complexity index is 1190. The number of phosphoric ester groups is 1. The van der Waals surface area contributed by atoms with Crippen molar-refractivity contribution in [2.24, 2.45) is 0 Å². The van der Waals surface area contributed by atoms with Gasteiger partial charge in [-0.15, -0.1) is 0 Å². The molecule has 0 aromatic carbocycles. The summed E-state index contributed by atoms with van der Waals surface area (Å²) in [5.74, 6) is -0.303. The zero-order chi connectivity index (χ0) is 37.9. The first-order chi connectivity index (χ1) is 24.5. The normalized spacial score (nSPS) is 15.8. The number of rotatable bonds is 31. The minimum atomic E-state index is -4.62.